The van der Waals surface area contributed by atoms with Crippen molar-refractivity contribution in [2.75, 3.05) is 36.0 Å². The average molecular weight is 315 g/mol. The third-order valence-electron chi connectivity index (χ3n) is 3.96. The van der Waals surface area contributed by atoms with Gasteiger partial charge in [-0.25, -0.2) is 14.6 Å². The molecule has 8 heteroatoms. The number of hydrogen-bond donors (Lipinski definition) is 0. The van der Waals surface area contributed by atoms with Crippen LogP contribution in [0.5, 0.6) is 0 Å². The van der Waals surface area contributed by atoms with E-state index in [-0.39, 0.29) is 0 Å². The summed E-state index contributed by atoms with van der Waals surface area (Å²) in [7, 11) is 1.95. The molecule has 7 nitrogen and oxygen atoms in total. The first-order valence-electron chi connectivity index (χ1n) is 7.28. The predicted molar refractivity (Wildman–Crippen MR) is 87.6 cm³/mol. The van der Waals surface area contributed by atoms with Crippen molar-refractivity contribution in [3.8, 4) is 0 Å². The monoisotopic (exact) mass is 315 g/mol. The van der Waals surface area contributed by atoms with E-state index < -0.39 is 0 Å². The highest BCUT2D eigenvalue weighted by Gasteiger charge is 2.22. The lowest BCUT2D eigenvalue weighted by Gasteiger charge is -2.34. The zero-order valence-corrected chi connectivity index (χ0v) is 13.4. The Morgan fingerprint density at radius 3 is 2.55 bits per heavy atom. The molecule has 0 bridgehead atoms. The third-order valence-corrected chi connectivity index (χ3v) is 5.17. The van der Waals surface area contributed by atoms with Crippen LogP contribution in [0.4, 0.5) is 10.9 Å². The maximum Gasteiger partial charge on any atom is 0.188 e. The Bertz CT molecular complexity index is 752. The van der Waals surface area contributed by atoms with Crippen LogP contribution in [0.15, 0.2) is 18.6 Å². The van der Waals surface area contributed by atoms with E-state index in [4.69, 9.17) is 4.98 Å². The van der Waals surface area contributed by atoms with Crippen molar-refractivity contribution in [3.63, 3.8) is 0 Å². The summed E-state index contributed by atoms with van der Waals surface area (Å²) < 4.78 is 3.05. The second-order valence-electron chi connectivity index (χ2n) is 5.40. The van der Waals surface area contributed by atoms with E-state index in [2.05, 4.69) is 24.9 Å². The van der Waals surface area contributed by atoms with Gasteiger partial charge in [0.2, 0.25) is 0 Å². The van der Waals surface area contributed by atoms with Crippen LogP contribution in [0.1, 0.15) is 5.69 Å². The van der Waals surface area contributed by atoms with Crippen molar-refractivity contribution in [2.45, 2.75) is 6.92 Å². The molecule has 0 N–H and O–H groups in total. The molecular weight excluding hydrogens is 298 g/mol. The molecule has 3 aromatic rings. The molecule has 3 aromatic heterocycles. The van der Waals surface area contributed by atoms with Crippen molar-refractivity contribution >= 4 is 32.6 Å². The summed E-state index contributed by atoms with van der Waals surface area (Å²) in [4.78, 5) is 17.9. The van der Waals surface area contributed by atoms with Gasteiger partial charge in [-0.05, 0) is 6.92 Å². The van der Waals surface area contributed by atoms with Crippen LogP contribution in [0.25, 0.3) is 10.3 Å². The number of anilines is 2. The highest BCUT2D eigenvalue weighted by Crippen LogP contribution is 2.31. The highest BCUT2D eigenvalue weighted by atomic mass is 32.1. The minimum absolute atomic E-state index is 0.936. The van der Waals surface area contributed by atoms with Crippen LogP contribution < -0.4 is 9.80 Å². The van der Waals surface area contributed by atoms with Gasteiger partial charge in [-0.1, -0.05) is 11.3 Å². The largest absolute Gasteiger partial charge is 0.352 e. The van der Waals surface area contributed by atoms with Crippen LogP contribution in [0, 0.1) is 6.92 Å². The highest BCUT2D eigenvalue weighted by molar-refractivity contribution is 7.22. The lowest BCUT2D eigenvalue weighted by Crippen LogP contribution is -2.46. The summed E-state index contributed by atoms with van der Waals surface area (Å²) >= 11 is 1.73. The van der Waals surface area contributed by atoms with Crippen molar-refractivity contribution < 1.29 is 0 Å². The zero-order valence-electron chi connectivity index (χ0n) is 12.6. The van der Waals surface area contributed by atoms with Gasteiger partial charge in [-0.3, -0.25) is 4.98 Å². The summed E-state index contributed by atoms with van der Waals surface area (Å²) in [6.07, 6.45) is 5.27. The van der Waals surface area contributed by atoms with Gasteiger partial charge < -0.3 is 9.80 Å². The van der Waals surface area contributed by atoms with Gasteiger partial charge in [0.15, 0.2) is 10.8 Å². The summed E-state index contributed by atoms with van der Waals surface area (Å²) in [5.74, 6) is 0.950. The molecule has 22 heavy (non-hydrogen) atoms. The Balaban J connectivity index is 1.52. The number of rotatable bonds is 2. The second kappa shape index (κ2) is 5.20. The Morgan fingerprint density at radius 2 is 1.86 bits per heavy atom. The van der Waals surface area contributed by atoms with Gasteiger partial charge in [0.05, 0.1) is 16.6 Å². The molecule has 0 spiro atoms. The molecule has 0 aliphatic carbocycles. The maximum atomic E-state index is 4.75. The molecule has 1 aliphatic heterocycles. The molecule has 0 saturated carbocycles. The Kier molecular flexibility index (Phi) is 3.18. The van der Waals surface area contributed by atoms with Gasteiger partial charge in [0.25, 0.3) is 0 Å². The molecule has 1 aliphatic rings. The number of thiazole rings is 1. The van der Waals surface area contributed by atoms with Gasteiger partial charge >= 0.3 is 0 Å². The van der Waals surface area contributed by atoms with E-state index in [1.165, 1.54) is 4.70 Å². The topological polar surface area (TPSA) is 63.0 Å². The van der Waals surface area contributed by atoms with E-state index in [9.17, 15) is 0 Å². The Morgan fingerprint density at radius 1 is 1.09 bits per heavy atom. The zero-order chi connectivity index (χ0) is 15.1. The molecule has 4 rings (SSSR count). The fraction of sp³-hybridized carbons (Fsp3) is 0.429. The first-order chi connectivity index (χ1) is 10.7. The molecule has 1 fully saturated rings. The smallest absolute Gasteiger partial charge is 0.188 e. The first-order valence-corrected chi connectivity index (χ1v) is 8.10. The van der Waals surface area contributed by atoms with Crippen molar-refractivity contribution in [1.29, 1.82) is 0 Å². The lowest BCUT2D eigenvalue weighted by atomic mass is 10.3. The fourth-order valence-electron chi connectivity index (χ4n) is 2.79. The summed E-state index contributed by atoms with van der Waals surface area (Å²) in [6.45, 7) is 5.81. The Labute approximate surface area is 132 Å². The Hall–Kier alpha value is -2.22. The molecule has 4 heterocycles. The quantitative estimate of drug-likeness (QED) is 0.713. The van der Waals surface area contributed by atoms with Gasteiger partial charge in [-0.2, -0.15) is 5.10 Å². The van der Waals surface area contributed by atoms with Gasteiger partial charge in [0.1, 0.15) is 5.82 Å². The number of aryl methyl sites for hydroxylation is 2. The number of nitrogens with zero attached hydrogens (tertiary/aromatic N) is 7. The minimum Gasteiger partial charge on any atom is -0.352 e. The fourth-order valence-corrected chi connectivity index (χ4v) is 3.87. The number of piperazine rings is 1. The molecule has 0 aromatic carbocycles. The van der Waals surface area contributed by atoms with Crippen LogP contribution in [-0.2, 0) is 7.05 Å². The van der Waals surface area contributed by atoms with E-state index >= 15 is 0 Å². The summed E-state index contributed by atoms with van der Waals surface area (Å²) in [5.41, 5.74) is 2.04. The van der Waals surface area contributed by atoms with Gasteiger partial charge in [-0.15, -0.1) is 0 Å². The van der Waals surface area contributed by atoms with Crippen LogP contribution in [0.2, 0.25) is 0 Å². The van der Waals surface area contributed by atoms with E-state index in [0.717, 1.165) is 48.5 Å². The van der Waals surface area contributed by atoms with Crippen LogP contribution >= 0.6 is 11.3 Å². The molecule has 0 atom stereocenters. The second-order valence-corrected chi connectivity index (χ2v) is 6.37. The molecule has 114 valence electrons. The number of aromatic nitrogens is 5. The predicted octanol–water partition coefficient (Wildman–Crippen LogP) is 1.45. The summed E-state index contributed by atoms with van der Waals surface area (Å²) in [5, 5.41) is 5.50. The van der Waals surface area contributed by atoms with E-state index in [1.807, 2.05) is 24.9 Å². The minimum atomic E-state index is 0.936. The van der Waals surface area contributed by atoms with E-state index in [0.29, 0.717) is 0 Å². The van der Waals surface area contributed by atoms with Crippen LogP contribution in [0.3, 0.4) is 0 Å². The standard InChI is InChI=1S/C14H17N7S/c1-10-12-13(19(2)18-10)17-14(22-12)21-7-5-20(6-8-21)11-9-15-3-4-16-11/h3-4,9H,5-8H2,1-2H3. The van der Waals surface area contributed by atoms with Crippen molar-refractivity contribution in [3.05, 3.63) is 24.3 Å². The molecule has 1 saturated heterocycles. The van der Waals surface area contributed by atoms with Crippen molar-refractivity contribution in [2.24, 2.45) is 7.05 Å². The molecule has 0 amide bonds. The SMILES string of the molecule is Cc1nn(C)c2nc(N3CCN(c4cnccn4)CC3)sc12. The van der Waals surface area contributed by atoms with Crippen molar-refractivity contribution in [1.82, 2.24) is 24.7 Å². The number of fused-ring (bicyclic) bond motifs is 1. The van der Waals surface area contributed by atoms with Gasteiger partial charge in [0, 0.05) is 45.6 Å². The third kappa shape index (κ3) is 2.19. The maximum absolute atomic E-state index is 4.75. The number of hydrogen-bond acceptors (Lipinski definition) is 7. The molecule has 0 radical (unpaired) electrons. The first kappa shape index (κ1) is 13.4. The van der Waals surface area contributed by atoms with E-state index in [1.54, 1.807) is 23.7 Å². The normalized spacial score (nSPS) is 15.7. The average Bonchev–Trinajstić information content (AvgIpc) is 3.11. The van der Waals surface area contributed by atoms with Crippen LogP contribution in [-0.4, -0.2) is 50.9 Å². The lowest BCUT2D eigenvalue weighted by molar-refractivity contribution is 0.644. The summed E-state index contributed by atoms with van der Waals surface area (Å²) in [6, 6.07) is 0. The molecule has 0 unspecified atom stereocenters. The molecular formula is C14H17N7S.